The molecule has 0 fully saturated rings. The van der Waals surface area contributed by atoms with Crippen LogP contribution in [0.15, 0.2) is 48.7 Å². The lowest BCUT2D eigenvalue weighted by Gasteiger charge is -2.16. The molecular weight excluding hydrogens is 260 g/mol. The summed E-state index contributed by atoms with van der Waals surface area (Å²) in [5.74, 6) is 0.907. The number of aromatic nitrogens is 1. The Hall–Kier alpha value is -1.58. The minimum absolute atomic E-state index is 0.527. The lowest BCUT2D eigenvalue weighted by atomic mass is 10.3. The highest BCUT2D eigenvalue weighted by atomic mass is 35.5. The van der Waals surface area contributed by atoms with E-state index in [0.29, 0.717) is 11.8 Å². The van der Waals surface area contributed by atoms with Gasteiger partial charge in [0.05, 0.1) is 0 Å². The smallest absolute Gasteiger partial charge is 0.129 e. The van der Waals surface area contributed by atoms with Crippen LogP contribution in [0.1, 0.15) is 5.56 Å². The molecule has 0 aliphatic rings. The van der Waals surface area contributed by atoms with E-state index in [1.165, 1.54) is 0 Å². The van der Waals surface area contributed by atoms with Gasteiger partial charge in [-0.1, -0.05) is 35.9 Å². The first kappa shape index (κ1) is 13.8. The normalized spacial score (nSPS) is 10.7. The average Bonchev–Trinajstić information content (AvgIpc) is 2.43. The lowest BCUT2D eigenvalue weighted by molar-refractivity contribution is 0.232. The Labute approximate surface area is 118 Å². The Morgan fingerprint density at radius 3 is 2.63 bits per heavy atom. The van der Waals surface area contributed by atoms with Crippen molar-refractivity contribution in [2.45, 2.75) is 6.54 Å². The fourth-order valence-corrected chi connectivity index (χ4v) is 1.84. The van der Waals surface area contributed by atoms with Crippen LogP contribution in [0.3, 0.4) is 0 Å². The summed E-state index contributed by atoms with van der Waals surface area (Å²) in [4.78, 5) is 6.26. The molecular formula is C15H17ClN2O. The van der Waals surface area contributed by atoms with Crippen molar-refractivity contribution in [1.82, 2.24) is 9.88 Å². The first-order chi connectivity index (χ1) is 9.24. The zero-order valence-corrected chi connectivity index (χ0v) is 11.7. The molecule has 0 aliphatic heterocycles. The zero-order valence-electron chi connectivity index (χ0n) is 10.9. The van der Waals surface area contributed by atoms with Gasteiger partial charge in [-0.05, 0) is 30.8 Å². The number of halogens is 1. The summed E-state index contributed by atoms with van der Waals surface area (Å²) in [6.45, 7) is 2.36. The highest BCUT2D eigenvalue weighted by Gasteiger charge is 2.01. The van der Waals surface area contributed by atoms with E-state index in [-0.39, 0.29) is 0 Å². The van der Waals surface area contributed by atoms with Crippen LogP contribution in [0, 0.1) is 0 Å². The molecule has 0 spiro atoms. The van der Waals surface area contributed by atoms with Crippen LogP contribution in [-0.4, -0.2) is 30.1 Å². The quantitative estimate of drug-likeness (QED) is 0.758. The molecule has 0 radical (unpaired) electrons. The van der Waals surface area contributed by atoms with Gasteiger partial charge >= 0.3 is 0 Å². The first-order valence-corrected chi connectivity index (χ1v) is 6.58. The van der Waals surface area contributed by atoms with Crippen molar-refractivity contribution in [3.63, 3.8) is 0 Å². The molecule has 2 rings (SSSR count). The second-order valence-electron chi connectivity index (χ2n) is 4.39. The highest BCUT2D eigenvalue weighted by Crippen LogP contribution is 2.09. The minimum Gasteiger partial charge on any atom is -0.492 e. The highest BCUT2D eigenvalue weighted by molar-refractivity contribution is 6.29. The molecule has 3 nitrogen and oxygen atoms in total. The first-order valence-electron chi connectivity index (χ1n) is 6.21. The molecule has 0 N–H and O–H groups in total. The number of rotatable bonds is 6. The molecule has 1 heterocycles. The molecule has 100 valence electrons. The van der Waals surface area contributed by atoms with Gasteiger partial charge in [-0.15, -0.1) is 0 Å². The van der Waals surface area contributed by atoms with Crippen molar-refractivity contribution in [3.05, 3.63) is 59.4 Å². The maximum atomic E-state index is 5.75. The van der Waals surface area contributed by atoms with Gasteiger partial charge in [0.15, 0.2) is 0 Å². The van der Waals surface area contributed by atoms with E-state index >= 15 is 0 Å². The minimum atomic E-state index is 0.527. The number of likely N-dealkylation sites (N-methyl/N-ethyl adjacent to an activating group) is 1. The predicted octanol–water partition coefficient (Wildman–Crippen LogP) is 3.25. The third-order valence-electron chi connectivity index (χ3n) is 2.73. The van der Waals surface area contributed by atoms with Gasteiger partial charge in [-0.2, -0.15) is 0 Å². The number of ether oxygens (including phenoxy) is 1. The summed E-state index contributed by atoms with van der Waals surface area (Å²) in [7, 11) is 2.06. The molecule has 4 heteroatoms. The number of pyridine rings is 1. The molecule has 0 saturated heterocycles. The van der Waals surface area contributed by atoms with Gasteiger partial charge in [0.2, 0.25) is 0 Å². The van der Waals surface area contributed by atoms with Crippen molar-refractivity contribution in [2.24, 2.45) is 0 Å². The molecule has 19 heavy (non-hydrogen) atoms. The Kier molecular flexibility index (Phi) is 5.19. The molecule has 0 saturated carbocycles. The summed E-state index contributed by atoms with van der Waals surface area (Å²) in [5, 5.41) is 0.527. The van der Waals surface area contributed by atoms with Crippen LogP contribution >= 0.6 is 11.6 Å². The number of hydrogen-bond donors (Lipinski definition) is 0. The Morgan fingerprint density at radius 2 is 1.95 bits per heavy atom. The number of para-hydroxylation sites is 1. The van der Waals surface area contributed by atoms with E-state index in [0.717, 1.165) is 24.4 Å². The molecule has 0 unspecified atom stereocenters. The van der Waals surface area contributed by atoms with Crippen LogP contribution in [0.4, 0.5) is 0 Å². The number of hydrogen-bond acceptors (Lipinski definition) is 3. The molecule has 0 aliphatic carbocycles. The van der Waals surface area contributed by atoms with Crippen molar-refractivity contribution in [3.8, 4) is 5.75 Å². The van der Waals surface area contributed by atoms with Gasteiger partial charge < -0.3 is 4.74 Å². The Balaban J connectivity index is 1.73. The van der Waals surface area contributed by atoms with E-state index in [1.807, 2.05) is 42.5 Å². The molecule has 2 aromatic rings. The molecule has 1 aromatic heterocycles. The molecule has 0 atom stereocenters. The van der Waals surface area contributed by atoms with Crippen LogP contribution in [0.2, 0.25) is 5.15 Å². The van der Waals surface area contributed by atoms with Crippen molar-refractivity contribution in [1.29, 1.82) is 0 Å². The van der Waals surface area contributed by atoms with E-state index in [4.69, 9.17) is 16.3 Å². The van der Waals surface area contributed by atoms with Crippen molar-refractivity contribution in [2.75, 3.05) is 20.2 Å². The van der Waals surface area contributed by atoms with Gasteiger partial charge in [0.1, 0.15) is 17.5 Å². The van der Waals surface area contributed by atoms with Crippen molar-refractivity contribution >= 4 is 11.6 Å². The fourth-order valence-electron chi connectivity index (χ4n) is 1.73. The zero-order chi connectivity index (χ0) is 13.5. The van der Waals surface area contributed by atoms with Gasteiger partial charge in [0, 0.05) is 19.3 Å². The van der Waals surface area contributed by atoms with E-state index in [9.17, 15) is 0 Å². The summed E-state index contributed by atoms with van der Waals surface area (Å²) >= 11 is 5.75. The summed E-state index contributed by atoms with van der Waals surface area (Å²) in [6.07, 6.45) is 1.80. The Morgan fingerprint density at radius 1 is 1.16 bits per heavy atom. The van der Waals surface area contributed by atoms with Gasteiger partial charge in [-0.3, -0.25) is 4.90 Å². The maximum absolute atomic E-state index is 5.75. The number of nitrogens with zero attached hydrogens (tertiary/aromatic N) is 2. The molecule has 0 bridgehead atoms. The SMILES string of the molecule is CN(CCOc1ccccc1)Cc1ccc(Cl)nc1. The lowest BCUT2D eigenvalue weighted by Crippen LogP contribution is -2.23. The average molecular weight is 277 g/mol. The third kappa shape index (κ3) is 4.89. The fraction of sp³-hybridized carbons (Fsp3) is 0.267. The van der Waals surface area contributed by atoms with Crippen molar-refractivity contribution < 1.29 is 4.74 Å². The van der Waals surface area contributed by atoms with Crippen LogP contribution < -0.4 is 4.74 Å². The summed E-state index contributed by atoms with van der Waals surface area (Å²) < 4.78 is 5.66. The predicted molar refractivity (Wildman–Crippen MR) is 77.5 cm³/mol. The summed E-state index contributed by atoms with van der Waals surface area (Å²) in [6, 6.07) is 13.6. The topological polar surface area (TPSA) is 25.4 Å². The third-order valence-corrected chi connectivity index (χ3v) is 2.95. The van der Waals surface area contributed by atoms with Gasteiger partial charge in [0.25, 0.3) is 0 Å². The molecule has 1 aromatic carbocycles. The van der Waals surface area contributed by atoms with E-state index < -0.39 is 0 Å². The summed E-state index contributed by atoms with van der Waals surface area (Å²) in [5.41, 5.74) is 1.15. The van der Waals surface area contributed by atoms with Crippen LogP contribution in [0.25, 0.3) is 0 Å². The van der Waals surface area contributed by atoms with Gasteiger partial charge in [-0.25, -0.2) is 4.98 Å². The van der Waals surface area contributed by atoms with E-state index in [2.05, 4.69) is 16.9 Å². The van der Waals surface area contributed by atoms with Crippen LogP contribution in [-0.2, 0) is 6.54 Å². The van der Waals surface area contributed by atoms with E-state index in [1.54, 1.807) is 6.20 Å². The van der Waals surface area contributed by atoms with Crippen LogP contribution in [0.5, 0.6) is 5.75 Å². The Bertz CT molecular complexity index is 487. The second kappa shape index (κ2) is 7.12. The molecule has 0 amide bonds. The number of benzene rings is 1. The largest absolute Gasteiger partial charge is 0.492 e. The maximum Gasteiger partial charge on any atom is 0.129 e. The standard InChI is InChI=1S/C15H17ClN2O/c1-18(12-13-7-8-15(16)17-11-13)9-10-19-14-5-3-2-4-6-14/h2-8,11H,9-10,12H2,1H3. The second-order valence-corrected chi connectivity index (χ2v) is 4.78. The monoisotopic (exact) mass is 276 g/mol.